The van der Waals surface area contributed by atoms with Gasteiger partial charge in [-0.25, -0.2) is 0 Å². The molecule has 2 rings (SSSR count). The molecular weight excluding hydrogens is 378 g/mol. The van der Waals surface area contributed by atoms with Crippen molar-refractivity contribution >= 4 is 22.4 Å². The highest BCUT2D eigenvalue weighted by Crippen LogP contribution is 2.25. The number of hydrogen-bond donors (Lipinski definition) is 1. The molecule has 0 radical (unpaired) electrons. The molecule has 0 unspecified atom stereocenters. The second kappa shape index (κ2) is 14.5. The van der Waals surface area contributed by atoms with E-state index in [4.69, 9.17) is 36.3 Å². The molecule has 2 N–H and O–H groups in total. The molecule has 28 heavy (non-hydrogen) atoms. The summed E-state index contributed by atoms with van der Waals surface area (Å²) in [6, 6.07) is 12.0. The predicted octanol–water partition coefficient (Wildman–Crippen LogP) is 4.74. The molecule has 0 saturated carbocycles. The van der Waals surface area contributed by atoms with E-state index in [1.54, 1.807) is 0 Å². The lowest BCUT2D eigenvalue weighted by Gasteiger charge is -2.10. The Hall–Kier alpha value is -1.53. The van der Waals surface area contributed by atoms with Crippen molar-refractivity contribution < 1.29 is 18.9 Å². The lowest BCUT2D eigenvalue weighted by Crippen LogP contribution is -2.11. The van der Waals surface area contributed by atoms with Gasteiger partial charge in [0.05, 0.1) is 19.9 Å². The molecule has 5 nitrogen and oxygen atoms in total. The van der Waals surface area contributed by atoms with Gasteiger partial charge in [-0.2, -0.15) is 0 Å². The fourth-order valence-corrected chi connectivity index (χ4v) is 3.02. The summed E-state index contributed by atoms with van der Waals surface area (Å²) in [7, 11) is 0. The second-order valence-corrected chi connectivity index (χ2v) is 6.89. The molecule has 0 spiro atoms. The zero-order valence-electron chi connectivity index (χ0n) is 16.5. The average molecular weight is 410 g/mol. The number of nitrogens with two attached hydrogens (primary N) is 1. The van der Waals surface area contributed by atoms with Crippen LogP contribution in [0.4, 0.5) is 0 Å². The molecular formula is C22H32ClNO4. The number of hydrogen-bond acceptors (Lipinski definition) is 5. The molecule has 0 atom stereocenters. The third kappa shape index (κ3) is 9.11. The summed E-state index contributed by atoms with van der Waals surface area (Å²) in [5.74, 6) is 2.43. The summed E-state index contributed by atoms with van der Waals surface area (Å²) >= 11 is 5.66. The Morgan fingerprint density at radius 3 is 1.82 bits per heavy atom. The number of fused-ring (bicyclic) bond motifs is 1. The SMILES string of the molecule is NCOCCOc1ccc2cc(OCCOCCCCCCCCl)ccc2c1. The molecule has 6 heteroatoms. The molecule has 0 bridgehead atoms. The first-order chi connectivity index (χ1) is 13.8. The number of ether oxygens (including phenoxy) is 4. The van der Waals surface area contributed by atoms with E-state index < -0.39 is 0 Å². The van der Waals surface area contributed by atoms with Crippen LogP contribution in [0.5, 0.6) is 11.5 Å². The van der Waals surface area contributed by atoms with Gasteiger partial charge in [0, 0.05) is 12.5 Å². The third-order valence-corrected chi connectivity index (χ3v) is 4.58. The largest absolute Gasteiger partial charge is 0.491 e. The van der Waals surface area contributed by atoms with E-state index in [2.05, 4.69) is 0 Å². The van der Waals surface area contributed by atoms with Crippen LogP contribution in [0.1, 0.15) is 32.1 Å². The zero-order chi connectivity index (χ0) is 19.9. The normalized spacial score (nSPS) is 11.1. The van der Waals surface area contributed by atoms with Gasteiger partial charge in [-0.3, -0.25) is 0 Å². The molecule has 0 aliphatic heterocycles. The molecule has 2 aromatic rings. The fourth-order valence-electron chi connectivity index (χ4n) is 2.83. The van der Waals surface area contributed by atoms with Crippen molar-refractivity contribution in [3.63, 3.8) is 0 Å². The van der Waals surface area contributed by atoms with E-state index in [0.29, 0.717) is 26.4 Å². The third-order valence-electron chi connectivity index (χ3n) is 4.32. The number of alkyl halides is 1. The van der Waals surface area contributed by atoms with Crippen molar-refractivity contribution in [2.75, 3.05) is 45.6 Å². The summed E-state index contributed by atoms with van der Waals surface area (Å²) in [5, 5.41) is 2.22. The van der Waals surface area contributed by atoms with Gasteiger partial charge in [-0.15, -0.1) is 11.6 Å². The van der Waals surface area contributed by atoms with Gasteiger partial charge < -0.3 is 24.7 Å². The predicted molar refractivity (Wildman–Crippen MR) is 115 cm³/mol. The van der Waals surface area contributed by atoms with Crippen molar-refractivity contribution in [2.24, 2.45) is 5.73 Å². The molecule has 2 aromatic carbocycles. The Bertz CT molecular complexity index is 668. The van der Waals surface area contributed by atoms with Crippen LogP contribution < -0.4 is 15.2 Å². The van der Waals surface area contributed by atoms with Gasteiger partial charge in [0.2, 0.25) is 0 Å². The van der Waals surface area contributed by atoms with Crippen LogP contribution in [0.15, 0.2) is 36.4 Å². The van der Waals surface area contributed by atoms with Gasteiger partial charge in [0.25, 0.3) is 0 Å². The van der Waals surface area contributed by atoms with E-state index in [0.717, 1.165) is 47.6 Å². The minimum absolute atomic E-state index is 0.212. The Morgan fingerprint density at radius 1 is 0.643 bits per heavy atom. The summed E-state index contributed by atoms with van der Waals surface area (Å²) in [4.78, 5) is 0. The quantitative estimate of drug-likeness (QED) is 0.246. The Labute approximate surface area is 173 Å². The van der Waals surface area contributed by atoms with Crippen molar-refractivity contribution in [3.05, 3.63) is 36.4 Å². The maximum Gasteiger partial charge on any atom is 0.120 e. The topological polar surface area (TPSA) is 62.9 Å². The number of halogens is 1. The van der Waals surface area contributed by atoms with E-state index in [-0.39, 0.29) is 6.73 Å². The standard InChI is InChI=1S/C22H32ClNO4/c23-10-4-2-1-3-5-11-25-12-14-27-21-8-6-20-17-22(9-7-19(20)16-21)28-15-13-26-18-24/h6-9,16-17H,1-5,10-15,18,24H2. The van der Waals surface area contributed by atoms with Crippen LogP contribution >= 0.6 is 11.6 Å². The fraction of sp³-hybridized carbons (Fsp3) is 0.545. The van der Waals surface area contributed by atoms with Crippen LogP contribution in [-0.4, -0.2) is 45.6 Å². The molecule has 0 fully saturated rings. The first-order valence-electron chi connectivity index (χ1n) is 10.0. The van der Waals surface area contributed by atoms with Crippen molar-refractivity contribution in [1.29, 1.82) is 0 Å². The average Bonchev–Trinajstić information content (AvgIpc) is 2.72. The van der Waals surface area contributed by atoms with Crippen LogP contribution in [0.2, 0.25) is 0 Å². The van der Waals surface area contributed by atoms with Gasteiger partial charge in [-0.1, -0.05) is 31.4 Å². The first-order valence-corrected chi connectivity index (χ1v) is 10.6. The zero-order valence-corrected chi connectivity index (χ0v) is 17.3. The molecule has 0 heterocycles. The molecule has 0 amide bonds. The molecule has 0 aromatic heterocycles. The van der Waals surface area contributed by atoms with Gasteiger partial charge >= 0.3 is 0 Å². The van der Waals surface area contributed by atoms with E-state index in [9.17, 15) is 0 Å². The van der Waals surface area contributed by atoms with Crippen molar-refractivity contribution in [3.8, 4) is 11.5 Å². The summed E-state index contributed by atoms with van der Waals surface area (Å²) in [6.45, 7) is 3.14. The Morgan fingerprint density at radius 2 is 1.21 bits per heavy atom. The van der Waals surface area contributed by atoms with Gasteiger partial charge in [0.1, 0.15) is 24.7 Å². The summed E-state index contributed by atoms with van der Waals surface area (Å²) < 4.78 is 22.2. The molecule has 156 valence electrons. The van der Waals surface area contributed by atoms with Crippen LogP contribution in [0.25, 0.3) is 10.8 Å². The summed E-state index contributed by atoms with van der Waals surface area (Å²) in [5.41, 5.74) is 5.28. The minimum atomic E-state index is 0.212. The minimum Gasteiger partial charge on any atom is -0.491 e. The monoisotopic (exact) mass is 409 g/mol. The second-order valence-electron chi connectivity index (χ2n) is 6.51. The van der Waals surface area contributed by atoms with Crippen molar-refractivity contribution in [2.45, 2.75) is 32.1 Å². The van der Waals surface area contributed by atoms with E-state index >= 15 is 0 Å². The highest BCUT2D eigenvalue weighted by atomic mass is 35.5. The molecule has 0 aliphatic rings. The lowest BCUT2D eigenvalue weighted by atomic mass is 10.1. The maximum absolute atomic E-state index is 5.80. The van der Waals surface area contributed by atoms with E-state index in [1.807, 2.05) is 36.4 Å². The smallest absolute Gasteiger partial charge is 0.120 e. The number of rotatable bonds is 16. The highest BCUT2D eigenvalue weighted by molar-refractivity contribution is 6.17. The summed E-state index contributed by atoms with van der Waals surface area (Å²) in [6.07, 6.45) is 5.86. The maximum atomic E-state index is 5.80. The van der Waals surface area contributed by atoms with Crippen LogP contribution in [0.3, 0.4) is 0 Å². The lowest BCUT2D eigenvalue weighted by molar-refractivity contribution is 0.0971. The molecule has 0 aliphatic carbocycles. The Balaban J connectivity index is 1.64. The van der Waals surface area contributed by atoms with Crippen LogP contribution in [-0.2, 0) is 9.47 Å². The number of unbranched alkanes of at least 4 members (excludes halogenated alkanes) is 4. The molecule has 0 saturated heterocycles. The van der Waals surface area contributed by atoms with Gasteiger partial charge in [0.15, 0.2) is 0 Å². The Kier molecular flexibility index (Phi) is 11.8. The van der Waals surface area contributed by atoms with Gasteiger partial charge in [-0.05, 0) is 47.9 Å². The first kappa shape index (κ1) is 22.8. The highest BCUT2D eigenvalue weighted by Gasteiger charge is 2.01. The van der Waals surface area contributed by atoms with Crippen LogP contribution in [0, 0.1) is 0 Å². The van der Waals surface area contributed by atoms with Crippen molar-refractivity contribution in [1.82, 2.24) is 0 Å². The van der Waals surface area contributed by atoms with E-state index in [1.165, 1.54) is 19.3 Å². The number of benzene rings is 2.